The summed E-state index contributed by atoms with van der Waals surface area (Å²) in [5.41, 5.74) is 2.25. The van der Waals surface area contributed by atoms with E-state index in [1.165, 1.54) is 12.8 Å². The van der Waals surface area contributed by atoms with Crippen LogP contribution in [0.5, 0.6) is 0 Å². The van der Waals surface area contributed by atoms with Gasteiger partial charge in [-0.3, -0.25) is 9.59 Å². The molecule has 0 radical (unpaired) electrons. The topological polar surface area (TPSA) is 58.4 Å². The Morgan fingerprint density at radius 1 is 0.929 bits per heavy atom. The number of rotatable bonds is 3. The summed E-state index contributed by atoms with van der Waals surface area (Å²) in [4.78, 5) is 34.6. The Kier molecular flexibility index (Phi) is 5.46. The van der Waals surface area contributed by atoms with Gasteiger partial charge in [0, 0.05) is 32.4 Å². The zero-order valence-electron chi connectivity index (χ0n) is 16.6. The van der Waals surface area contributed by atoms with Crippen LogP contribution < -0.4 is 4.90 Å². The van der Waals surface area contributed by atoms with Gasteiger partial charge in [-0.25, -0.2) is 4.98 Å². The van der Waals surface area contributed by atoms with Crippen molar-refractivity contribution in [2.45, 2.75) is 51.5 Å². The van der Waals surface area contributed by atoms with Crippen molar-refractivity contribution in [3.8, 4) is 0 Å². The maximum Gasteiger partial charge on any atom is 0.294 e. The summed E-state index contributed by atoms with van der Waals surface area (Å²) < 4.78 is 1.98. The van der Waals surface area contributed by atoms with Crippen LogP contribution in [0.2, 0.25) is 0 Å². The summed E-state index contributed by atoms with van der Waals surface area (Å²) >= 11 is 0. The van der Waals surface area contributed by atoms with E-state index in [2.05, 4.69) is 4.98 Å². The van der Waals surface area contributed by atoms with Crippen molar-refractivity contribution in [2.75, 3.05) is 25.0 Å². The predicted molar refractivity (Wildman–Crippen MR) is 109 cm³/mol. The SMILES string of the molecule is CN(C(=O)c1nc(C(=O)N2CCCCCC2)c2n1CCCC2)c1ccccc1. The molecule has 0 N–H and O–H groups in total. The molecule has 0 unspecified atom stereocenters. The van der Waals surface area contributed by atoms with Gasteiger partial charge in [0.15, 0.2) is 0 Å². The molecule has 6 heteroatoms. The van der Waals surface area contributed by atoms with Gasteiger partial charge in [-0.15, -0.1) is 0 Å². The second-order valence-corrected chi connectivity index (χ2v) is 7.75. The van der Waals surface area contributed by atoms with Crippen LogP contribution in [-0.2, 0) is 13.0 Å². The normalized spacial score (nSPS) is 17.0. The monoisotopic (exact) mass is 380 g/mol. The van der Waals surface area contributed by atoms with Crippen LogP contribution in [0.25, 0.3) is 0 Å². The third kappa shape index (κ3) is 3.55. The van der Waals surface area contributed by atoms with E-state index >= 15 is 0 Å². The Balaban J connectivity index is 1.67. The lowest BCUT2D eigenvalue weighted by Crippen LogP contribution is -2.33. The van der Waals surface area contributed by atoms with Gasteiger partial charge < -0.3 is 14.4 Å². The first-order valence-corrected chi connectivity index (χ1v) is 10.4. The molecule has 0 bridgehead atoms. The van der Waals surface area contributed by atoms with Gasteiger partial charge in [0.2, 0.25) is 5.82 Å². The van der Waals surface area contributed by atoms with Gasteiger partial charge in [0.05, 0.1) is 5.69 Å². The highest BCUT2D eigenvalue weighted by atomic mass is 16.2. The number of aromatic nitrogens is 2. The number of para-hydroxylation sites is 1. The fraction of sp³-hybridized carbons (Fsp3) is 0.500. The van der Waals surface area contributed by atoms with Gasteiger partial charge in [-0.05, 0) is 44.2 Å². The molecule has 4 rings (SSSR count). The summed E-state index contributed by atoms with van der Waals surface area (Å²) in [6, 6.07) is 9.56. The molecule has 148 valence electrons. The highest BCUT2D eigenvalue weighted by Gasteiger charge is 2.31. The minimum Gasteiger partial charge on any atom is -0.337 e. The summed E-state index contributed by atoms with van der Waals surface area (Å²) in [7, 11) is 1.76. The average molecular weight is 380 g/mol. The van der Waals surface area contributed by atoms with Gasteiger partial charge >= 0.3 is 0 Å². The lowest BCUT2D eigenvalue weighted by Gasteiger charge is -2.22. The minimum absolute atomic E-state index is 0.00559. The number of carbonyl (C=O) groups is 2. The second-order valence-electron chi connectivity index (χ2n) is 7.75. The van der Waals surface area contributed by atoms with Crippen LogP contribution in [0, 0.1) is 0 Å². The number of imidazole rings is 1. The number of carbonyl (C=O) groups excluding carboxylic acids is 2. The quantitative estimate of drug-likeness (QED) is 0.819. The van der Waals surface area contributed by atoms with Gasteiger partial charge in [0.25, 0.3) is 11.8 Å². The second kappa shape index (κ2) is 8.17. The number of nitrogens with zero attached hydrogens (tertiary/aromatic N) is 4. The molecule has 2 aromatic rings. The summed E-state index contributed by atoms with van der Waals surface area (Å²) in [5, 5.41) is 0. The Hall–Kier alpha value is -2.63. The first-order chi connectivity index (χ1) is 13.7. The zero-order valence-corrected chi connectivity index (χ0v) is 16.6. The maximum atomic E-state index is 13.2. The summed E-state index contributed by atoms with van der Waals surface area (Å²) in [6.45, 7) is 2.33. The van der Waals surface area contributed by atoms with Crippen molar-refractivity contribution in [3.05, 3.63) is 47.5 Å². The highest BCUT2D eigenvalue weighted by Crippen LogP contribution is 2.25. The van der Waals surface area contributed by atoms with Crippen LogP contribution in [0.1, 0.15) is 65.3 Å². The van der Waals surface area contributed by atoms with E-state index in [-0.39, 0.29) is 11.8 Å². The Bertz CT molecular complexity index is 851. The van der Waals surface area contributed by atoms with Crippen LogP contribution in [0.15, 0.2) is 30.3 Å². The van der Waals surface area contributed by atoms with Crippen molar-refractivity contribution in [1.29, 1.82) is 0 Å². The first-order valence-electron chi connectivity index (χ1n) is 10.4. The number of amides is 2. The Morgan fingerprint density at radius 2 is 1.61 bits per heavy atom. The van der Waals surface area contributed by atoms with Crippen molar-refractivity contribution in [3.63, 3.8) is 0 Å². The molecule has 6 nitrogen and oxygen atoms in total. The zero-order chi connectivity index (χ0) is 19.5. The molecule has 28 heavy (non-hydrogen) atoms. The molecular weight excluding hydrogens is 352 g/mol. The molecule has 1 saturated heterocycles. The van der Waals surface area contributed by atoms with Crippen molar-refractivity contribution in [2.24, 2.45) is 0 Å². The molecule has 0 atom stereocenters. The fourth-order valence-corrected chi connectivity index (χ4v) is 4.22. The molecule has 0 saturated carbocycles. The molecular formula is C22H28N4O2. The Morgan fingerprint density at radius 3 is 2.32 bits per heavy atom. The van der Waals surface area contributed by atoms with Crippen LogP contribution in [0.4, 0.5) is 5.69 Å². The van der Waals surface area contributed by atoms with E-state index in [9.17, 15) is 9.59 Å². The van der Waals surface area contributed by atoms with Crippen LogP contribution >= 0.6 is 0 Å². The number of benzene rings is 1. The molecule has 2 aliphatic rings. The molecule has 2 aliphatic heterocycles. The van der Waals surface area contributed by atoms with Gasteiger partial charge in [-0.2, -0.15) is 0 Å². The highest BCUT2D eigenvalue weighted by molar-refractivity contribution is 6.05. The van der Waals surface area contributed by atoms with E-state index in [4.69, 9.17) is 0 Å². The van der Waals surface area contributed by atoms with Crippen LogP contribution in [0.3, 0.4) is 0 Å². The molecule has 0 spiro atoms. The van der Waals surface area contributed by atoms with Gasteiger partial charge in [-0.1, -0.05) is 31.0 Å². The molecule has 3 heterocycles. The number of fused-ring (bicyclic) bond motifs is 1. The summed E-state index contributed by atoms with van der Waals surface area (Å²) in [5.74, 6) is 0.220. The van der Waals surface area contributed by atoms with E-state index in [0.717, 1.165) is 63.1 Å². The minimum atomic E-state index is -0.163. The molecule has 0 aliphatic carbocycles. The third-order valence-electron chi connectivity index (χ3n) is 5.85. The Labute approximate surface area is 166 Å². The fourth-order valence-electron chi connectivity index (χ4n) is 4.22. The van der Waals surface area contributed by atoms with Gasteiger partial charge in [0.1, 0.15) is 5.69 Å². The number of likely N-dealkylation sites (tertiary alicyclic amines) is 1. The molecule has 1 aromatic heterocycles. The summed E-state index contributed by atoms with van der Waals surface area (Å²) in [6.07, 6.45) is 7.30. The number of hydrogen-bond donors (Lipinski definition) is 0. The maximum absolute atomic E-state index is 13.2. The van der Waals surface area contributed by atoms with Crippen LogP contribution in [-0.4, -0.2) is 46.4 Å². The molecule has 1 fully saturated rings. The van der Waals surface area contributed by atoms with E-state index in [1.54, 1.807) is 11.9 Å². The predicted octanol–water partition coefficient (Wildman–Crippen LogP) is 3.51. The van der Waals surface area contributed by atoms with E-state index < -0.39 is 0 Å². The third-order valence-corrected chi connectivity index (χ3v) is 5.85. The largest absolute Gasteiger partial charge is 0.337 e. The number of hydrogen-bond acceptors (Lipinski definition) is 3. The lowest BCUT2D eigenvalue weighted by atomic mass is 10.1. The molecule has 1 aromatic carbocycles. The smallest absolute Gasteiger partial charge is 0.294 e. The van der Waals surface area contributed by atoms with E-state index in [1.807, 2.05) is 39.8 Å². The van der Waals surface area contributed by atoms with E-state index in [0.29, 0.717) is 11.5 Å². The van der Waals surface area contributed by atoms with Crippen molar-refractivity contribution in [1.82, 2.24) is 14.5 Å². The molecule has 2 amide bonds. The average Bonchev–Trinajstić information content (AvgIpc) is 2.92. The lowest BCUT2D eigenvalue weighted by molar-refractivity contribution is 0.0754. The first kappa shape index (κ1) is 18.7. The number of anilines is 1. The van der Waals surface area contributed by atoms with Crippen molar-refractivity contribution >= 4 is 17.5 Å². The standard InChI is InChI=1S/C22H28N4O2/c1-24(17-11-5-4-6-12-17)22(28)20-23-19(18-13-7-10-16-26(18)20)21(27)25-14-8-2-3-9-15-25/h4-6,11-12H,2-3,7-10,13-16H2,1H3. The van der Waals surface area contributed by atoms with Crippen molar-refractivity contribution < 1.29 is 9.59 Å².